The average molecular weight is 222 g/mol. The summed E-state index contributed by atoms with van der Waals surface area (Å²) in [5, 5.41) is 3.40. The molecule has 0 spiro atoms. The van der Waals surface area contributed by atoms with Crippen molar-refractivity contribution in [2.75, 3.05) is 13.6 Å². The van der Waals surface area contributed by atoms with Gasteiger partial charge in [0.2, 0.25) is 0 Å². The van der Waals surface area contributed by atoms with Crippen molar-refractivity contribution >= 4 is 0 Å². The molecule has 2 rings (SSSR count). The van der Waals surface area contributed by atoms with E-state index in [2.05, 4.69) is 46.9 Å². The van der Waals surface area contributed by atoms with E-state index < -0.39 is 0 Å². The van der Waals surface area contributed by atoms with E-state index in [0.717, 1.165) is 19.6 Å². The predicted octanol–water partition coefficient (Wildman–Crippen LogP) is 1.09. The van der Waals surface area contributed by atoms with Gasteiger partial charge >= 0.3 is 0 Å². The van der Waals surface area contributed by atoms with E-state index in [9.17, 15) is 0 Å². The van der Waals surface area contributed by atoms with Crippen molar-refractivity contribution in [3.05, 3.63) is 18.2 Å². The molecule has 2 atom stereocenters. The Labute approximate surface area is 97.7 Å². The van der Waals surface area contributed by atoms with E-state index in [1.54, 1.807) is 0 Å². The zero-order valence-corrected chi connectivity index (χ0v) is 10.5. The summed E-state index contributed by atoms with van der Waals surface area (Å²) in [5.41, 5.74) is 0. The van der Waals surface area contributed by atoms with Crippen LogP contribution in [0.5, 0.6) is 0 Å². The predicted molar refractivity (Wildman–Crippen MR) is 65.2 cm³/mol. The molecule has 4 heteroatoms. The number of aromatic nitrogens is 2. The van der Waals surface area contributed by atoms with Gasteiger partial charge in [-0.15, -0.1) is 0 Å². The largest absolute Gasteiger partial charge is 0.333 e. The molecule has 1 aromatic rings. The zero-order valence-electron chi connectivity index (χ0n) is 10.5. The highest BCUT2D eigenvalue weighted by Gasteiger charge is 2.25. The monoisotopic (exact) mass is 222 g/mol. The summed E-state index contributed by atoms with van der Waals surface area (Å²) in [6, 6.07) is 1.14. The van der Waals surface area contributed by atoms with Crippen molar-refractivity contribution < 1.29 is 0 Å². The number of rotatable bonds is 4. The van der Waals surface area contributed by atoms with Crippen molar-refractivity contribution in [2.24, 2.45) is 0 Å². The van der Waals surface area contributed by atoms with Gasteiger partial charge in [0.05, 0.1) is 6.54 Å². The van der Waals surface area contributed by atoms with Gasteiger partial charge in [-0.2, -0.15) is 0 Å². The summed E-state index contributed by atoms with van der Waals surface area (Å²) in [6.07, 6.45) is 5.15. The molecular formula is C12H22N4. The van der Waals surface area contributed by atoms with Crippen LogP contribution in [0.4, 0.5) is 0 Å². The molecule has 90 valence electrons. The molecule has 0 saturated carbocycles. The molecule has 1 aliphatic rings. The third kappa shape index (κ3) is 2.13. The van der Waals surface area contributed by atoms with Crippen LogP contribution in [0, 0.1) is 0 Å². The van der Waals surface area contributed by atoms with Crippen molar-refractivity contribution in [1.29, 1.82) is 0 Å². The molecule has 0 aliphatic carbocycles. The third-order valence-electron chi connectivity index (χ3n) is 3.74. The van der Waals surface area contributed by atoms with Crippen LogP contribution in [0.3, 0.4) is 0 Å². The van der Waals surface area contributed by atoms with Gasteiger partial charge < -0.3 is 9.88 Å². The number of likely N-dealkylation sites (N-methyl/N-ethyl adjacent to an activating group) is 1. The molecule has 0 fully saturated rings. The van der Waals surface area contributed by atoms with Crippen LogP contribution in [-0.4, -0.2) is 40.1 Å². The first-order chi connectivity index (χ1) is 7.76. The van der Waals surface area contributed by atoms with E-state index in [1.807, 2.05) is 6.20 Å². The second-order valence-electron chi connectivity index (χ2n) is 4.55. The van der Waals surface area contributed by atoms with Gasteiger partial charge in [0.15, 0.2) is 0 Å². The Bertz CT molecular complexity index is 330. The van der Waals surface area contributed by atoms with Gasteiger partial charge in [-0.1, -0.05) is 6.92 Å². The zero-order chi connectivity index (χ0) is 11.5. The van der Waals surface area contributed by atoms with Crippen LogP contribution in [0.1, 0.15) is 26.1 Å². The lowest BCUT2D eigenvalue weighted by atomic mass is 10.1. The number of fused-ring (bicyclic) bond motifs is 1. The number of nitrogens with zero attached hydrogens (tertiary/aromatic N) is 3. The molecule has 0 amide bonds. The van der Waals surface area contributed by atoms with Crippen molar-refractivity contribution in [2.45, 2.75) is 45.4 Å². The summed E-state index contributed by atoms with van der Waals surface area (Å²) in [7, 11) is 2.05. The highest BCUT2D eigenvalue weighted by Crippen LogP contribution is 2.16. The molecule has 0 radical (unpaired) electrons. The fourth-order valence-electron chi connectivity index (χ4n) is 2.58. The number of hydrogen-bond donors (Lipinski definition) is 1. The van der Waals surface area contributed by atoms with E-state index in [-0.39, 0.29) is 0 Å². The van der Waals surface area contributed by atoms with Gasteiger partial charge in [0.25, 0.3) is 0 Å². The lowest BCUT2D eigenvalue weighted by molar-refractivity contribution is 0.132. The molecule has 1 N–H and O–H groups in total. The van der Waals surface area contributed by atoms with Crippen LogP contribution in [0.15, 0.2) is 12.4 Å². The van der Waals surface area contributed by atoms with Crippen LogP contribution >= 0.6 is 0 Å². The quantitative estimate of drug-likeness (QED) is 0.827. The highest BCUT2D eigenvalue weighted by molar-refractivity contribution is 4.97. The summed E-state index contributed by atoms with van der Waals surface area (Å²) < 4.78 is 2.25. The maximum Gasteiger partial charge on any atom is 0.122 e. The molecule has 0 aromatic carbocycles. The van der Waals surface area contributed by atoms with Crippen LogP contribution in [0.25, 0.3) is 0 Å². The number of nitrogens with one attached hydrogen (secondary N) is 1. The third-order valence-corrected chi connectivity index (χ3v) is 3.74. The van der Waals surface area contributed by atoms with Crippen molar-refractivity contribution in [3.8, 4) is 0 Å². The highest BCUT2D eigenvalue weighted by atomic mass is 15.3. The molecule has 1 aromatic heterocycles. The Balaban J connectivity index is 2.02. The lowest BCUT2D eigenvalue weighted by Crippen LogP contribution is -2.49. The van der Waals surface area contributed by atoms with E-state index in [1.165, 1.54) is 12.2 Å². The van der Waals surface area contributed by atoms with Crippen molar-refractivity contribution in [3.63, 3.8) is 0 Å². The smallest absolute Gasteiger partial charge is 0.122 e. The fourth-order valence-corrected chi connectivity index (χ4v) is 2.58. The second kappa shape index (κ2) is 4.97. The first kappa shape index (κ1) is 11.6. The van der Waals surface area contributed by atoms with Gasteiger partial charge in [-0.05, 0) is 20.4 Å². The Morgan fingerprint density at radius 3 is 3.00 bits per heavy atom. The standard InChI is InChI=1S/C12H22N4/c1-4-11(13-3)10(2)16-8-7-15-6-5-14-12(15)9-16/h5-6,10-11,13H,4,7-9H2,1-3H3. The van der Waals surface area contributed by atoms with Crippen LogP contribution < -0.4 is 5.32 Å². The van der Waals surface area contributed by atoms with Gasteiger partial charge in [0.1, 0.15) is 5.82 Å². The van der Waals surface area contributed by atoms with E-state index >= 15 is 0 Å². The topological polar surface area (TPSA) is 33.1 Å². The van der Waals surface area contributed by atoms with Crippen LogP contribution in [-0.2, 0) is 13.1 Å². The maximum absolute atomic E-state index is 4.40. The minimum Gasteiger partial charge on any atom is -0.333 e. The molecular weight excluding hydrogens is 200 g/mol. The summed E-state index contributed by atoms with van der Waals surface area (Å²) >= 11 is 0. The Kier molecular flexibility index (Phi) is 3.61. The maximum atomic E-state index is 4.40. The molecule has 1 aliphatic heterocycles. The first-order valence-corrected chi connectivity index (χ1v) is 6.17. The van der Waals surface area contributed by atoms with Crippen molar-refractivity contribution in [1.82, 2.24) is 19.8 Å². The normalized spacial score (nSPS) is 20.4. The van der Waals surface area contributed by atoms with E-state index in [4.69, 9.17) is 0 Å². The van der Waals surface area contributed by atoms with Gasteiger partial charge in [-0.3, -0.25) is 4.90 Å². The lowest BCUT2D eigenvalue weighted by Gasteiger charge is -2.36. The van der Waals surface area contributed by atoms with Gasteiger partial charge in [-0.25, -0.2) is 4.98 Å². The summed E-state index contributed by atoms with van der Waals surface area (Å²) in [5.74, 6) is 1.20. The molecule has 16 heavy (non-hydrogen) atoms. The second-order valence-corrected chi connectivity index (χ2v) is 4.55. The minimum atomic E-state index is 0.570. The van der Waals surface area contributed by atoms with E-state index in [0.29, 0.717) is 12.1 Å². The molecule has 0 saturated heterocycles. The molecule has 4 nitrogen and oxygen atoms in total. The fraction of sp³-hybridized carbons (Fsp3) is 0.750. The summed E-state index contributed by atoms with van der Waals surface area (Å²) in [4.78, 5) is 6.92. The molecule has 2 unspecified atom stereocenters. The number of imidazole rings is 1. The van der Waals surface area contributed by atoms with Gasteiger partial charge in [0, 0.05) is 37.6 Å². The minimum absolute atomic E-state index is 0.570. The molecule has 0 bridgehead atoms. The number of hydrogen-bond acceptors (Lipinski definition) is 3. The SMILES string of the molecule is CCC(NC)C(C)N1CCn2ccnc2C1. The average Bonchev–Trinajstić information content (AvgIpc) is 2.77. The van der Waals surface area contributed by atoms with Crippen LogP contribution in [0.2, 0.25) is 0 Å². The molecule has 2 heterocycles. The first-order valence-electron chi connectivity index (χ1n) is 6.17. The summed E-state index contributed by atoms with van der Waals surface area (Å²) in [6.45, 7) is 7.72. The Hall–Kier alpha value is -0.870. The Morgan fingerprint density at radius 1 is 1.50 bits per heavy atom. The Morgan fingerprint density at radius 2 is 2.31 bits per heavy atom.